The van der Waals surface area contributed by atoms with E-state index in [1.807, 2.05) is 42.5 Å². The molecule has 1 fully saturated rings. The van der Waals surface area contributed by atoms with Gasteiger partial charge in [-0.25, -0.2) is 0 Å². The van der Waals surface area contributed by atoms with Crippen molar-refractivity contribution >= 4 is 28.4 Å². The second-order valence-corrected chi connectivity index (χ2v) is 8.45. The Balaban J connectivity index is 1.59. The SMILES string of the molecule is C[C@@H]1CCC[C@H](C)N1C(=O)CSc1nnc(-c2ccccc2)c2ccccc12. The number of carbonyl (C=O) groups excluding carboxylic acids is 1. The molecule has 0 unspecified atom stereocenters. The lowest BCUT2D eigenvalue weighted by molar-refractivity contribution is -0.134. The Morgan fingerprint density at radius 1 is 0.964 bits per heavy atom. The van der Waals surface area contributed by atoms with Crippen LogP contribution in [-0.4, -0.2) is 38.8 Å². The van der Waals surface area contributed by atoms with Crippen LogP contribution >= 0.6 is 11.8 Å². The minimum Gasteiger partial charge on any atom is -0.337 e. The lowest BCUT2D eigenvalue weighted by atomic mass is 9.98. The van der Waals surface area contributed by atoms with Gasteiger partial charge >= 0.3 is 0 Å². The normalized spacial score (nSPS) is 19.7. The van der Waals surface area contributed by atoms with E-state index in [4.69, 9.17) is 0 Å². The maximum absolute atomic E-state index is 12.9. The van der Waals surface area contributed by atoms with Crippen molar-refractivity contribution in [1.29, 1.82) is 0 Å². The maximum Gasteiger partial charge on any atom is 0.233 e. The zero-order chi connectivity index (χ0) is 19.5. The second kappa shape index (κ2) is 8.31. The van der Waals surface area contributed by atoms with Crippen molar-refractivity contribution in [3.8, 4) is 11.3 Å². The number of benzene rings is 2. The van der Waals surface area contributed by atoms with E-state index in [9.17, 15) is 4.79 Å². The third kappa shape index (κ3) is 3.76. The first-order chi connectivity index (χ1) is 13.6. The fourth-order valence-electron chi connectivity index (χ4n) is 4.11. The average molecular weight is 392 g/mol. The summed E-state index contributed by atoms with van der Waals surface area (Å²) in [6.45, 7) is 4.31. The molecule has 0 aliphatic carbocycles. The lowest BCUT2D eigenvalue weighted by Crippen LogP contribution is -2.48. The molecular weight excluding hydrogens is 366 g/mol. The van der Waals surface area contributed by atoms with Gasteiger partial charge in [-0.3, -0.25) is 4.79 Å². The van der Waals surface area contributed by atoms with Crippen molar-refractivity contribution in [2.24, 2.45) is 0 Å². The zero-order valence-corrected chi connectivity index (χ0v) is 17.2. The molecule has 0 bridgehead atoms. The van der Waals surface area contributed by atoms with E-state index in [2.05, 4.69) is 41.1 Å². The fourth-order valence-corrected chi connectivity index (χ4v) is 4.95. The molecule has 2 aromatic carbocycles. The van der Waals surface area contributed by atoms with Gasteiger partial charge in [-0.15, -0.1) is 10.2 Å². The summed E-state index contributed by atoms with van der Waals surface area (Å²) in [4.78, 5) is 14.9. The summed E-state index contributed by atoms with van der Waals surface area (Å²) in [5.74, 6) is 0.598. The van der Waals surface area contributed by atoms with Gasteiger partial charge < -0.3 is 4.90 Å². The molecule has 0 radical (unpaired) electrons. The highest BCUT2D eigenvalue weighted by atomic mass is 32.2. The van der Waals surface area contributed by atoms with E-state index >= 15 is 0 Å². The summed E-state index contributed by atoms with van der Waals surface area (Å²) in [5, 5.41) is 11.9. The van der Waals surface area contributed by atoms with Crippen LogP contribution in [0.4, 0.5) is 0 Å². The van der Waals surface area contributed by atoms with E-state index in [1.54, 1.807) is 0 Å². The van der Waals surface area contributed by atoms with E-state index in [-0.39, 0.29) is 5.91 Å². The molecule has 144 valence electrons. The predicted octanol–water partition coefficient (Wildman–Crippen LogP) is 5.18. The molecule has 0 saturated carbocycles. The van der Waals surface area contributed by atoms with E-state index in [1.165, 1.54) is 18.2 Å². The molecule has 5 heteroatoms. The number of thioether (sulfide) groups is 1. The Kier molecular flexibility index (Phi) is 5.62. The summed E-state index contributed by atoms with van der Waals surface area (Å²) in [5.41, 5.74) is 1.93. The third-order valence-electron chi connectivity index (χ3n) is 5.51. The van der Waals surface area contributed by atoms with Crippen molar-refractivity contribution in [1.82, 2.24) is 15.1 Å². The Morgan fingerprint density at radius 2 is 1.61 bits per heavy atom. The molecule has 2 atom stereocenters. The third-order valence-corrected chi connectivity index (χ3v) is 6.48. The van der Waals surface area contributed by atoms with E-state index < -0.39 is 0 Å². The highest BCUT2D eigenvalue weighted by molar-refractivity contribution is 8.00. The Labute approximate surface area is 170 Å². The van der Waals surface area contributed by atoms with Gasteiger partial charge in [0.05, 0.1) is 5.75 Å². The molecule has 4 nitrogen and oxygen atoms in total. The molecule has 0 spiro atoms. The van der Waals surface area contributed by atoms with Crippen LogP contribution in [0.5, 0.6) is 0 Å². The number of hydrogen-bond acceptors (Lipinski definition) is 4. The van der Waals surface area contributed by atoms with Crippen LogP contribution in [0.15, 0.2) is 59.6 Å². The number of aromatic nitrogens is 2. The van der Waals surface area contributed by atoms with Crippen LogP contribution in [-0.2, 0) is 4.79 Å². The number of nitrogens with zero attached hydrogens (tertiary/aromatic N) is 3. The Bertz CT molecular complexity index is 966. The largest absolute Gasteiger partial charge is 0.337 e. The van der Waals surface area contributed by atoms with Gasteiger partial charge in [0, 0.05) is 28.4 Å². The van der Waals surface area contributed by atoms with Crippen LogP contribution in [0.25, 0.3) is 22.0 Å². The number of hydrogen-bond donors (Lipinski definition) is 0. The fraction of sp³-hybridized carbons (Fsp3) is 0.348. The summed E-state index contributed by atoms with van der Waals surface area (Å²) in [6, 6.07) is 18.9. The van der Waals surface area contributed by atoms with Gasteiger partial charge in [0.15, 0.2) is 0 Å². The van der Waals surface area contributed by atoms with Crippen LogP contribution in [0.1, 0.15) is 33.1 Å². The van der Waals surface area contributed by atoms with E-state index in [0.29, 0.717) is 17.8 Å². The first-order valence-electron chi connectivity index (χ1n) is 9.90. The number of carbonyl (C=O) groups is 1. The van der Waals surface area contributed by atoms with E-state index in [0.717, 1.165) is 39.9 Å². The van der Waals surface area contributed by atoms with Gasteiger partial charge in [0.2, 0.25) is 5.91 Å². The van der Waals surface area contributed by atoms with Gasteiger partial charge in [-0.1, -0.05) is 66.4 Å². The van der Waals surface area contributed by atoms with Crippen molar-refractivity contribution < 1.29 is 4.79 Å². The predicted molar refractivity (Wildman–Crippen MR) is 115 cm³/mol. The summed E-state index contributed by atoms with van der Waals surface area (Å²) >= 11 is 1.49. The highest BCUT2D eigenvalue weighted by Crippen LogP contribution is 2.32. The van der Waals surface area contributed by atoms with Gasteiger partial charge in [-0.05, 0) is 33.1 Å². The smallest absolute Gasteiger partial charge is 0.233 e. The maximum atomic E-state index is 12.9. The van der Waals surface area contributed by atoms with Crippen LogP contribution in [0, 0.1) is 0 Å². The van der Waals surface area contributed by atoms with Crippen molar-refractivity contribution in [2.45, 2.75) is 50.2 Å². The molecule has 1 aliphatic rings. The Morgan fingerprint density at radius 3 is 2.32 bits per heavy atom. The quantitative estimate of drug-likeness (QED) is 0.575. The standard InChI is InChI=1S/C23H25N3OS/c1-16-9-8-10-17(2)26(16)21(27)15-28-23-20-14-7-6-13-19(20)22(24-25-23)18-11-4-3-5-12-18/h3-7,11-14,16-17H,8-10,15H2,1-2H3/t16-,17+. The van der Waals surface area contributed by atoms with Crippen molar-refractivity contribution in [3.05, 3.63) is 54.6 Å². The first-order valence-corrected chi connectivity index (χ1v) is 10.9. The van der Waals surface area contributed by atoms with Gasteiger partial charge in [0.25, 0.3) is 0 Å². The molecule has 1 aliphatic heterocycles. The van der Waals surface area contributed by atoms with Crippen LogP contribution in [0.3, 0.4) is 0 Å². The first kappa shape index (κ1) is 18.9. The number of likely N-dealkylation sites (tertiary alicyclic amines) is 1. The molecule has 28 heavy (non-hydrogen) atoms. The van der Waals surface area contributed by atoms with Crippen molar-refractivity contribution in [2.75, 3.05) is 5.75 Å². The molecule has 0 N–H and O–H groups in total. The monoisotopic (exact) mass is 391 g/mol. The minimum atomic E-state index is 0.197. The topological polar surface area (TPSA) is 46.1 Å². The highest BCUT2D eigenvalue weighted by Gasteiger charge is 2.28. The minimum absolute atomic E-state index is 0.197. The zero-order valence-electron chi connectivity index (χ0n) is 16.3. The number of piperidine rings is 1. The summed E-state index contributed by atoms with van der Waals surface area (Å²) < 4.78 is 0. The van der Waals surface area contributed by atoms with Crippen LogP contribution in [0.2, 0.25) is 0 Å². The summed E-state index contributed by atoms with van der Waals surface area (Å²) in [6.07, 6.45) is 3.39. The number of rotatable bonds is 4. The molecule has 3 aromatic rings. The molecule has 2 heterocycles. The Hall–Kier alpha value is -2.40. The van der Waals surface area contributed by atoms with Crippen LogP contribution < -0.4 is 0 Å². The second-order valence-electron chi connectivity index (χ2n) is 7.48. The number of amides is 1. The van der Waals surface area contributed by atoms with Gasteiger partial charge in [0.1, 0.15) is 10.7 Å². The average Bonchev–Trinajstić information content (AvgIpc) is 2.72. The van der Waals surface area contributed by atoms with Crippen molar-refractivity contribution in [3.63, 3.8) is 0 Å². The molecule has 1 amide bonds. The summed E-state index contributed by atoms with van der Waals surface area (Å²) in [7, 11) is 0. The molecule has 1 aromatic heterocycles. The molecule has 1 saturated heterocycles. The lowest BCUT2D eigenvalue weighted by Gasteiger charge is -2.39. The number of fused-ring (bicyclic) bond motifs is 1. The molecular formula is C23H25N3OS. The van der Waals surface area contributed by atoms with Gasteiger partial charge in [-0.2, -0.15) is 0 Å². The molecule has 4 rings (SSSR count).